The number of benzene rings is 2. The van der Waals surface area contributed by atoms with Crippen LogP contribution in [0.15, 0.2) is 60.0 Å². The van der Waals surface area contributed by atoms with Crippen molar-refractivity contribution in [1.29, 1.82) is 5.26 Å². The zero-order chi connectivity index (χ0) is 19.1. The van der Waals surface area contributed by atoms with Crippen LogP contribution in [0, 0.1) is 31.0 Å². The fourth-order valence-electron chi connectivity index (χ4n) is 3.40. The molecule has 2 heterocycles. The number of nitriles is 1. The number of fused-ring (bicyclic) bond motifs is 1. The molecule has 0 radical (unpaired) electrons. The molecule has 0 amide bonds. The molecule has 5 nitrogen and oxygen atoms in total. The van der Waals surface area contributed by atoms with Crippen LogP contribution in [0.2, 0.25) is 0 Å². The van der Waals surface area contributed by atoms with E-state index in [4.69, 9.17) is 10.5 Å². The van der Waals surface area contributed by atoms with Gasteiger partial charge in [-0.3, -0.25) is 0 Å². The summed E-state index contributed by atoms with van der Waals surface area (Å²) in [6, 6.07) is 16.2. The summed E-state index contributed by atoms with van der Waals surface area (Å²) in [5, 5.41) is 14.2. The second kappa shape index (κ2) is 6.29. The maximum absolute atomic E-state index is 14.6. The molecule has 0 saturated heterocycles. The third-order valence-corrected chi connectivity index (χ3v) is 4.73. The highest BCUT2D eigenvalue weighted by molar-refractivity contribution is 5.57. The van der Waals surface area contributed by atoms with E-state index in [9.17, 15) is 9.65 Å². The van der Waals surface area contributed by atoms with E-state index in [-0.39, 0.29) is 11.5 Å². The Labute approximate surface area is 156 Å². The van der Waals surface area contributed by atoms with Gasteiger partial charge < -0.3 is 10.5 Å². The Morgan fingerprint density at radius 3 is 2.52 bits per heavy atom. The van der Waals surface area contributed by atoms with Gasteiger partial charge in [0.05, 0.1) is 22.9 Å². The van der Waals surface area contributed by atoms with Crippen LogP contribution in [0.25, 0.3) is 5.69 Å². The third kappa shape index (κ3) is 2.64. The van der Waals surface area contributed by atoms with Gasteiger partial charge in [0.1, 0.15) is 17.5 Å². The minimum absolute atomic E-state index is 0.0356. The largest absolute Gasteiger partial charge is 0.422 e. The van der Waals surface area contributed by atoms with Crippen LogP contribution in [-0.4, -0.2) is 9.78 Å². The SMILES string of the molecule is Cc1ccc(-n2nc(C)c3c2OC(N)=C(C#N)[C@H]3c2ccccc2F)cc1. The minimum Gasteiger partial charge on any atom is -0.422 e. The molecule has 2 N–H and O–H groups in total. The smallest absolute Gasteiger partial charge is 0.229 e. The highest BCUT2D eigenvalue weighted by atomic mass is 19.1. The summed E-state index contributed by atoms with van der Waals surface area (Å²) >= 11 is 0. The van der Waals surface area contributed by atoms with Crippen molar-refractivity contribution in [3.05, 3.63) is 88.2 Å². The number of aromatic nitrogens is 2. The molecule has 0 saturated carbocycles. The number of ether oxygens (including phenoxy) is 1. The lowest BCUT2D eigenvalue weighted by molar-refractivity contribution is 0.366. The van der Waals surface area contributed by atoms with Gasteiger partial charge >= 0.3 is 0 Å². The first-order chi connectivity index (χ1) is 13.0. The summed E-state index contributed by atoms with van der Waals surface area (Å²) in [7, 11) is 0. The van der Waals surface area contributed by atoms with E-state index < -0.39 is 11.7 Å². The number of nitrogens with zero attached hydrogens (tertiary/aromatic N) is 3. The molecule has 134 valence electrons. The highest BCUT2D eigenvalue weighted by Gasteiger charge is 2.37. The van der Waals surface area contributed by atoms with E-state index in [1.165, 1.54) is 6.07 Å². The van der Waals surface area contributed by atoms with E-state index in [0.717, 1.165) is 11.3 Å². The van der Waals surface area contributed by atoms with Crippen LogP contribution in [-0.2, 0) is 0 Å². The average molecular weight is 360 g/mol. The van der Waals surface area contributed by atoms with Crippen molar-refractivity contribution in [2.45, 2.75) is 19.8 Å². The molecule has 1 aromatic heterocycles. The van der Waals surface area contributed by atoms with Gasteiger partial charge in [-0.1, -0.05) is 35.9 Å². The number of allylic oxidation sites excluding steroid dienone is 1. The predicted molar refractivity (Wildman–Crippen MR) is 98.7 cm³/mol. The summed E-state index contributed by atoms with van der Waals surface area (Å²) in [6.45, 7) is 3.81. The van der Waals surface area contributed by atoms with Crippen LogP contribution in [0.1, 0.15) is 28.3 Å². The molecule has 3 aromatic rings. The van der Waals surface area contributed by atoms with Crippen molar-refractivity contribution in [2.24, 2.45) is 5.73 Å². The Morgan fingerprint density at radius 2 is 1.85 bits per heavy atom. The second-order valence-electron chi connectivity index (χ2n) is 6.50. The molecule has 0 aliphatic carbocycles. The Balaban J connectivity index is 1.97. The van der Waals surface area contributed by atoms with Crippen LogP contribution < -0.4 is 10.5 Å². The van der Waals surface area contributed by atoms with Crippen molar-refractivity contribution < 1.29 is 9.13 Å². The van der Waals surface area contributed by atoms with Crippen molar-refractivity contribution in [3.8, 4) is 17.6 Å². The van der Waals surface area contributed by atoms with E-state index in [2.05, 4.69) is 11.2 Å². The lowest BCUT2D eigenvalue weighted by Gasteiger charge is -2.25. The first-order valence-electron chi connectivity index (χ1n) is 8.50. The second-order valence-corrected chi connectivity index (χ2v) is 6.50. The first kappa shape index (κ1) is 16.9. The lowest BCUT2D eigenvalue weighted by Crippen LogP contribution is -2.22. The van der Waals surface area contributed by atoms with Gasteiger partial charge in [-0.2, -0.15) is 10.4 Å². The van der Waals surface area contributed by atoms with Crippen LogP contribution in [0.4, 0.5) is 4.39 Å². The molecule has 1 aliphatic heterocycles. The summed E-state index contributed by atoms with van der Waals surface area (Å²) in [5.41, 5.74) is 9.79. The number of hydrogen-bond acceptors (Lipinski definition) is 4. The van der Waals surface area contributed by atoms with Crippen LogP contribution >= 0.6 is 0 Å². The quantitative estimate of drug-likeness (QED) is 0.753. The topological polar surface area (TPSA) is 76.9 Å². The Morgan fingerprint density at radius 1 is 1.15 bits per heavy atom. The van der Waals surface area contributed by atoms with Crippen molar-refractivity contribution in [2.75, 3.05) is 0 Å². The molecule has 1 atom stereocenters. The number of nitrogens with two attached hydrogens (primary N) is 1. The predicted octanol–water partition coefficient (Wildman–Crippen LogP) is 3.85. The van der Waals surface area contributed by atoms with E-state index in [1.54, 1.807) is 22.9 Å². The molecule has 0 spiro atoms. The summed E-state index contributed by atoms with van der Waals surface area (Å²) in [5.74, 6) is -0.704. The van der Waals surface area contributed by atoms with E-state index in [0.29, 0.717) is 22.7 Å². The maximum atomic E-state index is 14.6. The average Bonchev–Trinajstić information content (AvgIpc) is 2.98. The van der Waals surface area contributed by atoms with Crippen LogP contribution in [0.5, 0.6) is 5.88 Å². The molecule has 0 fully saturated rings. The molecular weight excluding hydrogens is 343 g/mol. The molecule has 0 unspecified atom stereocenters. The van der Waals surface area contributed by atoms with Gasteiger partial charge in [0.25, 0.3) is 0 Å². The fourth-order valence-corrected chi connectivity index (χ4v) is 3.40. The number of hydrogen-bond donors (Lipinski definition) is 1. The monoisotopic (exact) mass is 360 g/mol. The zero-order valence-electron chi connectivity index (χ0n) is 14.9. The third-order valence-electron chi connectivity index (χ3n) is 4.73. The minimum atomic E-state index is -0.667. The van der Waals surface area contributed by atoms with Gasteiger partial charge in [0.2, 0.25) is 11.8 Å². The van der Waals surface area contributed by atoms with Crippen LogP contribution in [0.3, 0.4) is 0 Å². The molecule has 4 rings (SSSR count). The normalized spacial score (nSPS) is 15.9. The van der Waals surface area contributed by atoms with E-state index in [1.807, 2.05) is 38.1 Å². The molecule has 6 heteroatoms. The number of halogens is 1. The summed E-state index contributed by atoms with van der Waals surface area (Å²) < 4.78 is 22.0. The Hall–Kier alpha value is -3.59. The molecule has 2 aromatic carbocycles. The standard InChI is InChI=1S/C21H17FN4O/c1-12-7-9-14(10-8-12)26-21-18(13(2)25-26)19(16(11-23)20(24)27-21)15-5-3-4-6-17(15)22/h3-10,19H,24H2,1-2H3/t19-/m1/s1. The van der Waals surface area contributed by atoms with Gasteiger partial charge in [0, 0.05) is 5.56 Å². The summed E-state index contributed by atoms with van der Waals surface area (Å²) in [4.78, 5) is 0. The maximum Gasteiger partial charge on any atom is 0.229 e. The van der Waals surface area contributed by atoms with Gasteiger partial charge in [-0.15, -0.1) is 0 Å². The molecule has 0 bridgehead atoms. The molecule has 27 heavy (non-hydrogen) atoms. The first-order valence-corrected chi connectivity index (χ1v) is 8.50. The van der Waals surface area contributed by atoms with Gasteiger partial charge in [-0.05, 0) is 32.0 Å². The zero-order valence-corrected chi connectivity index (χ0v) is 14.9. The number of rotatable bonds is 2. The Kier molecular flexibility index (Phi) is 3.93. The van der Waals surface area contributed by atoms with Crippen molar-refractivity contribution in [1.82, 2.24) is 9.78 Å². The van der Waals surface area contributed by atoms with Gasteiger partial charge in [-0.25, -0.2) is 9.07 Å². The highest BCUT2D eigenvalue weighted by Crippen LogP contribution is 2.45. The van der Waals surface area contributed by atoms with Gasteiger partial charge in [0.15, 0.2) is 0 Å². The molecular formula is C21H17FN4O. The fraction of sp³-hybridized carbons (Fsp3) is 0.143. The van der Waals surface area contributed by atoms with Crippen molar-refractivity contribution >= 4 is 0 Å². The Bertz CT molecular complexity index is 1110. The van der Waals surface area contributed by atoms with Crippen molar-refractivity contribution in [3.63, 3.8) is 0 Å². The lowest BCUT2D eigenvalue weighted by atomic mass is 9.84. The molecule has 1 aliphatic rings. The summed E-state index contributed by atoms with van der Waals surface area (Å²) in [6.07, 6.45) is 0. The van der Waals surface area contributed by atoms with E-state index >= 15 is 0 Å². The number of aryl methyl sites for hydroxylation is 2.